The van der Waals surface area contributed by atoms with E-state index in [1.54, 1.807) is 0 Å². The predicted molar refractivity (Wildman–Crippen MR) is 63.8 cm³/mol. The zero-order chi connectivity index (χ0) is 10.3. The molecule has 0 amide bonds. The molecule has 1 heteroatoms. The SMILES string of the molecule is C1=CCC(COCC2CC=CCC2)CC1. The van der Waals surface area contributed by atoms with Crippen LogP contribution < -0.4 is 0 Å². The van der Waals surface area contributed by atoms with Gasteiger partial charge < -0.3 is 4.74 Å². The molecule has 0 aromatic carbocycles. The Morgan fingerprint density at radius 3 is 1.73 bits per heavy atom. The Bertz CT molecular complexity index is 205. The fourth-order valence-corrected chi connectivity index (χ4v) is 2.42. The van der Waals surface area contributed by atoms with E-state index < -0.39 is 0 Å². The van der Waals surface area contributed by atoms with Gasteiger partial charge in [-0.25, -0.2) is 0 Å². The highest BCUT2D eigenvalue weighted by molar-refractivity contribution is 4.91. The lowest BCUT2D eigenvalue weighted by molar-refractivity contribution is 0.0661. The second-order valence-corrected chi connectivity index (χ2v) is 4.84. The van der Waals surface area contributed by atoms with E-state index in [0.29, 0.717) is 0 Å². The van der Waals surface area contributed by atoms with Gasteiger partial charge >= 0.3 is 0 Å². The number of hydrogen-bond acceptors (Lipinski definition) is 1. The molecular formula is C14H22O. The van der Waals surface area contributed by atoms with Gasteiger partial charge in [-0.2, -0.15) is 0 Å². The van der Waals surface area contributed by atoms with Gasteiger partial charge in [0.15, 0.2) is 0 Å². The van der Waals surface area contributed by atoms with Gasteiger partial charge in [0.25, 0.3) is 0 Å². The highest BCUT2D eigenvalue weighted by Gasteiger charge is 2.13. The molecule has 0 aromatic rings. The van der Waals surface area contributed by atoms with Gasteiger partial charge in [0.1, 0.15) is 0 Å². The van der Waals surface area contributed by atoms with Crippen LogP contribution in [0.3, 0.4) is 0 Å². The summed E-state index contributed by atoms with van der Waals surface area (Å²) in [5, 5.41) is 0. The third-order valence-corrected chi connectivity index (χ3v) is 3.46. The molecule has 2 unspecified atom stereocenters. The van der Waals surface area contributed by atoms with Gasteiger partial charge in [-0.05, 0) is 50.4 Å². The van der Waals surface area contributed by atoms with Crippen LogP contribution in [0.25, 0.3) is 0 Å². The van der Waals surface area contributed by atoms with Crippen molar-refractivity contribution in [3.8, 4) is 0 Å². The van der Waals surface area contributed by atoms with E-state index in [-0.39, 0.29) is 0 Å². The first kappa shape index (κ1) is 10.9. The molecule has 0 saturated heterocycles. The van der Waals surface area contributed by atoms with Crippen molar-refractivity contribution in [3.63, 3.8) is 0 Å². The number of rotatable bonds is 4. The van der Waals surface area contributed by atoms with Gasteiger partial charge in [0.2, 0.25) is 0 Å². The summed E-state index contributed by atoms with van der Waals surface area (Å²) < 4.78 is 5.84. The molecule has 0 bridgehead atoms. The van der Waals surface area contributed by atoms with Gasteiger partial charge in [0.05, 0.1) is 0 Å². The Balaban J connectivity index is 1.57. The van der Waals surface area contributed by atoms with Crippen molar-refractivity contribution < 1.29 is 4.74 Å². The smallest absolute Gasteiger partial charge is 0.0497 e. The summed E-state index contributed by atoms with van der Waals surface area (Å²) in [6, 6.07) is 0. The molecule has 84 valence electrons. The molecule has 0 fully saturated rings. The van der Waals surface area contributed by atoms with Crippen molar-refractivity contribution in [3.05, 3.63) is 24.3 Å². The average Bonchev–Trinajstić information content (AvgIpc) is 2.32. The molecule has 0 heterocycles. The second kappa shape index (κ2) is 6.12. The lowest BCUT2D eigenvalue weighted by Gasteiger charge is -2.21. The summed E-state index contributed by atoms with van der Waals surface area (Å²) in [5.41, 5.74) is 0. The number of allylic oxidation sites excluding steroid dienone is 4. The fraction of sp³-hybridized carbons (Fsp3) is 0.714. The molecule has 15 heavy (non-hydrogen) atoms. The van der Waals surface area contributed by atoms with Crippen molar-refractivity contribution in [2.24, 2.45) is 11.8 Å². The monoisotopic (exact) mass is 206 g/mol. The van der Waals surface area contributed by atoms with Gasteiger partial charge in [-0.15, -0.1) is 0 Å². The van der Waals surface area contributed by atoms with Crippen molar-refractivity contribution in [1.82, 2.24) is 0 Å². The molecule has 2 atom stereocenters. The Morgan fingerprint density at radius 1 is 0.800 bits per heavy atom. The highest BCUT2D eigenvalue weighted by Crippen LogP contribution is 2.21. The largest absolute Gasteiger partial charge is 0.381 e. The molecule has 2 aliphatic rings. The van der Waals surface area contributed by atoms with E-state index in [1.807, 2.05) is 0 Å². The fourth-order valence-electron chi connectivity index (χ4n) is 2.42. The molecule has 2 aliphatic carbocycles. The molecule has 0 radical (unpaired) electrons. The Labute approximate surface area is 93.2 Å². The summed E-state index contributed by atoms with van der Waals surface area (Å²) in [6.07, 6.45) is 16.8. The topological polar surface area (TPSA) is 9.23 Å². The maximum atomic E-state index is 5.84. The molecule has 2 rings (SSSR count). The molecular weight excluding hydrogens is 184 g/mol. The quantitative estimate of drug-likeness (QED) is 0.637. The van der Waals surface area contributed by atoms with Gasteiger partial charge in [-0.1, -0.05) is 24.3 Å². The highest BCUT2D eigenvalue weighted by atomic mass is 16.5. The Hall–Kier alpha value is -0.560. The molecule has 0 aromatic heterocycles. The van der Waals surface area contributed by atoms with Crippen molar-refractivity contribution in [2.75, 3.05) is 13.2 Å². The summed E-state index contributed by atoms with van der Waals surface area (Å²) >= 11 is 0. The van der Waals surface area contributed by atoms with Crippen LogP contribution in [0, 0.1) is 11.8 Å². The zero-order valence-corrected chi connectivity index (χ0v) is 9.53. The average molecular weight is 206 g/mol. The normalized spacial score (nSPS) is 30.7. The number of ether oxygens (including phenoxy) is 1. The third kappa shape index (κ3) is 3.83. The van der Waals surface area contributed by atoms with Crippen LogP contribution in [0.2, 0.25) is 0 Å². The first-order valence-corrected chi connectivity index (χ1v) is 6.33. The van der Waals surface area contributed by atoms with E-state index in [4.69, 9.17) is 4.74 Å². The molecule has 0 spiro atoms. The molecule has 0 saturated carbocycles. The molecule has 1 nitrogen and oxygen atoms in total. The summed E-state index contributed by atoms with van der Waals surface area (Å²) in [7, 11) is 0. The van der Waals surface area contributed by atoms with E-state index in [0.717, 1.165) is 25.0 Å². The van der Waals surface area contributed by atoms with E-state index in [1.165, 1.54) is 38.5 Å². The van der Waals surface area contributed by atoms with Crippen LogP contribution in [-0.4, -0.2) is 13.2 Å². The minimum atomic E-state index is 0.786. The second-order valence-electron chi connectivity index (χ2n) is 4.84. The lowest BCUT2D eigenvalue weighted by atomic mass is 9.94. The minimum Gasteiger partial charge on any atom is -0.381 e. The Morgan fingerprint density at radius 2 is 1.33 bits per heavy atom. The lowest BCUT2D eigenvalue weighted by Crippen LogP contribution is -2.16. The maximum Gasteiger partial charge on any atom is 0.0497 e. The van der Waals surface area contributed by atoms with Crippen LogP contribution in [0.15, 0.2) is 24.3 Å². The van der Waals surface area contributed by atoms with Crippen molar-refractivity contribution in [1.29, 1.82) is 0 Å². The number of hydrogen-bond donors (Lipinski definition) is 0. The molecule has 0 N–H and O–H groups in total. The van der Waals surface area contributed by atoms with Gasteiger partial charge in [0, 0.05) is 13.2 Å². The summed E-state index contributed by atoms with van der Waals surface area (Å²) in [6.45, 7) is 1.95. The van der Waals surface area contributed by atoms with Crippen LogP contribution in [-0.2, 0) is 4.74 Å². The van der Waals surface area contributed by atoms with E-state index >= 15 is 0 Å². The zero-order valence-electron chi connectivity index (χ0n) is 9.53. The predicted octanol–water partition coefficient (Wildman–Crippen LogP) is 3.72. The standard InChI is InChI=1S/C14H22O/c1-3-7-13(8-4-1)11-15-12-14-9-5-2-6-10-14/h1-3,5,13-14H,4,6-12H2. The molecule has 0 aliphatic heterocycles. The van der Waals surface area contributed by atoms with Crippen LogP contribution in [0.4, 0.5) is 0 Å². The van der Waals surface area contributed by atoms with E-state index in [2.05, 4.69) is 24.3 Å². The summed E-state index contributed by atoms with van der Waals surface area (Å²) in [4.78, 5) is 0. The van der Waals surface area contributed by atoms with Crippen LogP contribution in [0.1, 0.15) is 38.5 Å². The third-order valence-electron chi connectivity index (χ3n) is 3.46. The van der Waals surface area contributed by atoms with Gasteiger partial charge in [-0.3, -0.25) is 0 Å². The van der Waals surface area contributed by atoms with Crippen LogP contribution in [0.5, 0.6) is 0 Å². The van der Waals surface area contributed by atoms with Crippen LogP contribution >= 0.6 is 0 Å². The first-order chi connectivity index (χ1) is 7.45. The van der Waals surface area contributed by atoms with E-state index in [9.17, 15) is 0 Å². The minimum absolute atomic E-state index is 0.786. The first-order valence-electron chi connectivity index (χ1n) is 6.33. The van der Waals surface area contributed by atoms with Crippen molar-refractivity contribution in [2.45, 2.75) is 38.5 Å². The maximum absolute atomic E-state index is 5.84. The Kier molecular flexibility index (Phi) is 4.46. The summed E-state index contributed by atoms with van der Waals surface area (Å²) in [5.74, 6) is 1.57. The van der Waals surface area contributed by atoms with Crippen molar-refractivity contribution >= 4 is 0 Å².